The highest BCUT2D eigenvalue weighted by molar-refractivity contribution is 7.21. The smallest absolute Gasteiger partial charge is 0.272 e. The van der Waals surface area contributed by atoms with Crippen molar-refractivity contribution in [3.05, 3.63) is 52.7 Å². The van der Waals surface area contributed by atoms with E-state index in [-0.39, 0.29) is 17.9 Å². The van der Waals surface area contributed by atoms with Crippen LogP contribution in [-0.2, 0) is 9.47 Å². The second-order valence-electron chi connectivity index (χ2n) is 6.67. The van der Waals surface area contributed by atoms with Crippen LogP contribution in [0.3, 0.4) is 0 Å². The number of ether oxygens (including phenoxy) is 2. The first-order valence-corrected chi connectivity index (χ1v) is 10.2. The Bertz CT molecular complexity index is 1000. The van der Waals surface area contributed by atoms with Crippen molar-refractivity contribution in [2.75, 3.05) is 40.0 Å². The fourth-order valence-electron chi connectivity index (χ4n) is 3.45. The van der Waals surface area contributed by atoms with Gasteiger partial charge in [-0.3, -0.25) is 14.7 Å². The molecule has 0 saturated carbocycles. The topological polar surface area (TPSA) is 96.5 Å². The van der Waals surface area contributed by atoms with Gasteiger partial charge in [-0.1, -0.05) is 18.2 Å². The van der Waals surface area contributed by atoms with Gasteiger partial charge >= 0.3 is 0 Å². The Morgan fingerprint density at radius 2 is 2.24 bits per heavy atom. The summed E-state index contributed by atoms with van der Waals surface area (Å²) in [6, 6.07) is 9.53. The van der Waals surface area contributed by atoms with Crippen molar-refractivity contribution in [3.63, 3.8) is 0 Å². The summed E-state index contributed by atoms with van der Waals surface area (Å²) in [6.45, 7) is 2.14. The van der Waals surface area contributed by atoms with Gasteiger partial charge in [0.2, 0.25) is 0 Å². The second kappa shape index (κ2) is 8.73. The number of rotatable bonds is 6. The van der Waals surface area contributed by atoms with Crippen molar-refractivity contribution in [2.24, 2.45) is 0 Å². The minimum Gasteiger partial charge on any atom is -0.383 e. The van der Waals surface area contributed by atoms with Gasteiger partial charge in [-0.05, 0) is 17.5 Å². The highest BCUT2D eigenvalue weighted by Crippen LogP contribution is 2.38. The van der Waals surface area contributed by atoms with Crippen LogP contribution in [0.4, 0.5) is 0 Å². The standard InChI is InChI=1S/C20H22N4O4S/c1-27-10-8-21-19(25)18-17(13-4-2-3-5-16(13)29-18)15-12-24(9-11-28-15)20(26)14-6-7-22-23-14/h2-7,15H,8-12H2,1H3,(H,21,25)(H,22,23)/t15-/m1/s1. The predicted molar refractivity (Wildman–Crippen MR) is 109 cm³/mol. The number of hydrogen-bond acceptors (Lipinski definition) is 6. The maximum Gasteiger partial charge on any atom is 0.272 e. The molecule has 1 fully saturated rings. The van der Waals surface area contributed by atoms with E-state index in [2.05, 4.69) is 15.5 Å². The molecule has 3 aromatic rings. The van der Waals surface area contributed by atoms with Crippen LogP contribution >= 0.6 is 11.3 Å². The zero-order valence-electron chi connectivity index (χ0n) is 16.0. The summed E-state index contributed by atoms with van der Waals surface area (Å²) in [6.07, 6.45) is 1.18. The van der Waals surface area contributed by atoms with Crippen LogP contribution in [0.15, 0.2) is 36.5 Å². The predicted octanol–water partition coefficient (Wildman–Crippen LogP) is 2.21. The number of nitrogens with one attached hydrogen (secondary N) is 2. The van der Waals surface area contributed by atoms with Crippen molar-refractivity contribution >= 4 is 33.2 Å². The quantitative estimate of drug-likeness (QED) is 0.603. The minimum atomic E-state index is -0.380. The Morgan fingerprint density at radius 1 is 1.38 bits per heavy atom. The first-order chi connectivity index (χ1) is 14.2. The number of aromatic nitrogens is 2. The van der Waals surface area contributed by atoms with E-state index in [1.807, 2.05) is 24.3 Å². The van der Waals surface area contributed by atoms with Crippen LogP contribution in [0.1, 0.15) is 31.8 Å². The zero-order valence-corrected chi connectivity index (χ0v) is 16.8. The molecule has 4 rings (SSSR count). The van der Waals surface area contributed by atoms with Gasteiger partial charge in [-0.15, -0.1) is 11.3 Å². The van der Waals surface area contributed by atoms with Gasteiger partial charge in [0.1, 0.15) is 11.8 Å². The van der Waals surface area contributed by atoms with Gasteiger partial charge in [-0.2, -0.15) is 5.10 Å². The SMILES string of the molecule is COCCNC(=O)c1sc2ccccc2c1[C@H]1CN(C(=O)c2ccn[nH]2)CCO1. The number of carbonyl (C=O) groups is 2. The van der Waals surface area contributed by atoms with Gasteiger partial charge in [-0.25, -0.2) is 0 Å². The molecule has 3 heterocycles. The monoisotopic (exact) mass is 414 g/mol. The lowest BCUT2D eigenvalue weighted by atomic mass is 10.0. The number of fused-ring (bicyclic) bond motifs is 1. The van der Waals surface area contributed by atoms with Gasteiger partial charge in [0, 0.05) is 36.7 Å². The largest absolute Gasteiger partial charge is 0.383 e. The van der Waals surface area contributed by atoms with Crippen LogP contribution in [0, 0.1) is 0 Å². The average Bonchev–Trinajstić information content (AvgIpc) is 3.41. The number of nitrogens with zero attached hydrogens (tertiary/aromatic N) is 2. The molecule has 2 N–H and O–H groups in total. The Balaban J connectivity index is 1.64. The molecule has 0 radical (unpaired) electrons. The lowest BCUT2D eigenvalue weighted by Crippen LogP contribution is -2.42. The number of amides is 2. The number of methoxy groups -OCH3 is 1. The van der Waals surface area contributed by atoms with Gasteiger partial charge in [0.05, 0.1) is 24.6 Å². The maximum absolute atomic E-state index is 12.8. The molecule has 0 aliphatic carbocycles. The third-order valence-corrected chi connectivity index (χ3v) is 6.02. The molecule has 1 aliphatic heterocycles. The number of carbonyl (C=O) groups excluding carboxylic acids is 2. The lowest BCUT2D eigenvalue weighted by molar-refractivity contribution is -0.0224. The van der Waals surface area contributed by atoms with E-state index in [9.17, 15) is 9.59 Å². The van der Waals surface area contributed by atoms with Gasteiger partial charge in [0.15, 0.2) is 0 Å². The highest BCUT2D eigenvalue weighted by Gasteiger charge is 2.32. The van der Waals surface area contributed by atoms with Crippen molar-refractivity contribution < 1.29 is 19.1 Å². The van der Waals surface area contributed by atoms with E-state index in [0.29, 0.717) is 43.4 Å². The van der Waals surface area contributed by atoms with Crippen molar-refractivity contribution in [1.29, 1.82) is 0 Å². The molecule has 0 unspecified atom stereocenters. The van der Waals surface area contributed by atoms with E-state index in [4.69, 9.17) is 9.47 Å². The van der Waals surface area contributed by atoms with Crippen LogP contribution in [0.25, 0.3) is 10.1 Å². The van der Waals surface area contributed by atoms with Crippen LogP contribution in [0.2, 0.25) is 0 Å². The summed E-state index contributed by atoms with van der Waals surface area (Å²) in [5, 5.41) is 10.4. The number of aromatic amines is 1. The minimum absolute atomic E-state index is 0.124. The molecule has 1 aliphatic rings. The molecule has 2 amide bonds. The van der Waals surface area contributed by atoms with Crippen LogP contribution in [-0.4, -0.2) is 66.9 Å². The average molecular weight is 414 g/mol. The molecule has 8 nitrogen and oxygen atoms in total. The van der Waals surface area contributed by atoms with E-state index in [0.717, 1.165) is 15.6 Å². The number of benzene rings is 1. The lowest BCUT2D eigenvalue weighted by Gasteiger charge is -2.33. The molecule has 0 bridgehead atoms. The molecule has 0 spiro atoms. The molecule has 152 valence electrons. The third-order valence-electron chi connectivity index (χ3n) is 4.84. The number of H-pyrrole nitrogens is 1. The summed E-state index contributed by atoms with van der Waals surface area (Å²) in [7, 11) is 1.60. The number of morpholine rings is 1. The first-order valence-electron chi connectivity index (χ1n) is 9.38. The van der Waals surface area contributed by atoms with Gasteiger partial charge < -0.3 is 19.7 Å². The Hall–Kier alpha value is -2.75. The second-order valence-corrected chi connectivity index (χ2v) is 7.72. The Labute approximate surface area is 171 Å². The summed E-state index contributed by atoms with van der Waals surface area (Å²) >= 11 is 1.44. The molecule has 1 aromatic carbocycles. The van der Waals surface area contributed by atoms with Gasteiger partial charge in [0.25, 0.3) is 11.8 Å². The Morgan fingerprint density at radius 3 is 3.03 bits per heavy atom. The fraction of sp³-hybridized carbons (Fsp3) is 0.350. The summed E-state index contributed by atoms with van der Waals surface area (Å²) < 4.78 is 12.1. The van der Waals surface area contributed by atoms with Crippen molar-refractivity contribution in [2.45, 2.75) is 6.10 Å². The first kappa shape index (κ1) is 19.6. The normalized spacial score (nSPS) is 16.9. The molecule has 1 saturated heterocycles. The van der Waals surface area contributed by atoms with Crippen molar-refractivity contribution in [1.82, 2.24) is 20.4 Å². The molecular weight excluding hydrogens is 392 g/mol. The van der Waals surface area contributed by atoms with E-state index in [1.165, 1.54) is 11.3 Å². The van der Waals surface area contributed by atoms with E-state index in [1.54, 1.807) is 24.3 Å². The van der Waals surface area contributed by atoms with Crippen LogP contribution in [0.5, 0.6) is 0 Å². The van der Waals surface area contributed by atoms with Crippen molar-refractivity contribution in [3.8, 4) is 0 Å². The van der Waals surface area contributed by atoms with E-state index >= 15 is 0 Å². The van der Waals surface area contributed by atoms with Crippen LogP contribution < -0.4 is 5.32 Å². The van der Waals surface area contributed by atoms with E-state index < -0.39 is 0 Å². The molecule has 29 heavy (non-hydrogen) atoms. The number of hydrogen-bond donors (Lipinski definition) is 2. The third kappa shape index (κ3) is 4.02. The molecule has 2 aromatic heterocycles. The summed E-state index contributed by atoms with van der Waals surface area (Å²) in [4.78, 5) is 27.9. The summed E-state index contributed by atoms with van der Waals surface area (Å²) in [5.74, 6) is -0.278. The number of thiophene rings is 1. The highest BCUT2D eigenvalue weighted by atomic mass is 32.1. The molecule has 1 atom stereocenters. The fourth-order valence-corrected chi connectivity index (χ4v) is 4.63. The maximum atomic E-state index is 12.8. The zero-order chi connectivity index (χ0) is 20.2. The molecular formula is C20H22N4O4S. The molecule has 9 heteroatoms. The summed E-state index contributed by atoms with van der Waals surface area (Å²) in [5.41, 5.74) is 1.28. The Kier molecular flexibility index (Phi) is 5.89.